The molecule has 0 bridgehead atoms. The summed E-state index contributed by atoms with van der Waals surface area (Å²) in [5.41, 5.74) is 1.12. The first-order valence-electron chi connectivity index (χ1n) is 10.5. The van der Waals surface area contributed by atoms with Gasteiger partial charge in [0.1, 0.15) is 12.6 Å². The highest BCUT2D eigenvalue weighted by molar-refractivity contribution is 7.89. The fraction of sp³-hybridized carbons (Fsp3) is 0.200. The van der Waals surface area contributed by atoms with Gasteiger partial charge in [0.15, 0.2) is 0 Å². The molecule has 4 rings (SSSR count). The van der Waals surface area contributed by atoms with Crippen LogP contribution in [0, 0.1) is 11.3 Å². The van der Waals surface area contributed by atoms with Gasteiger partial charge in [0, 0.05) is 10.0 Å². The summed E-state index contributed by atoms with van der Waals surface area (Å²) in [5, 5.41) is 20.1. The van der Waals surface area contributed by atoms with E-state index in [2.05, 4.69) is 0 Å². The van der Waals surface area contributed by atoms with Crippen molar-refractivity contribution in [1.29, 1.82) is 5.26 Å². The predicted molar refractivity (Wildman–Crippen MR) is 130 cm³/mol. The van der Waals surface area contributed by atoms with Crippen molar-refractivity contribution >= 4 is 39.2 Å². The van der Waals surface area contributed by atoms with Gasteiger partial charge in [-0.3, -0.25) is 4.79 Å². The molecule has 3 aromatic carbocycles. The third-order valence-electron chi connectivity index (χ3n) is 6.11. The molecule has 0 radical (unpaired) electrons. The highest BCUT2D eigenvalue weighted by atomic mass is 35.5. The van der Waals surface area contributed by atoms with Gasteiger partial charge in [0.25, 0.3) is 0 Å². The maximum Gasteiger partial charge on any atom is 0.318 e. The fourth-order valence-electron chi connectivity index (χ4n) is 4.39. The molecular weight excluding hydrogens is 495 g/mol. The van der Waals surface area contributed by atoms with Gasteiger partial charge in [-0.2, -0.15) is 9.57 Å². The predicted octanol–water partition coefficient (Wildman–Crippen LogP) is 5.69. The lowest BCUT2D eigenvalue weighted by Crippen LogP contribution is -2.55. The third kappa shape index (κ3) is 4.42. The van der Waals surface area contributed by atoms with E-state index in [0.717, 1.165) is 21.9 Å². The van der Waals surface area contributed by atoms with Crippen molar-refractivity contribution < 1.29 is 18.3 Å². The average molecular weight is 515 g/mol. The van der Waals surface area contributed by atoms with Gasteiger partial charge < -0.3 is 5.11 Å². The summed E-state index contributed by atoms with van der Waals surface area (Å²) in [6.07, 6.45) is 1.64. The van der Waals surface area contributed by atoms with E-state index in [1.54, 1.807) is 36.4 Å². The Kier molecular flexibility index (Phi) is 6.70. The van der Waals surface area contributed by atoms with Gasteiger partial charge >= 0.3 is 5.97 Å². The van der Waals surface area contributed by atoms with Crippen LogP contribution in [-0.2, 0) is 20.4 Å². The summed E-state index contributed by atoms with van der Waals surface area (Å²) in [4.78, 5) is 11.6. The zero-order valence-corrected chi connectivity index (χ0v) is 20.2. The maximum absolute atomic E-state index is 13.8. The Labute approximate surface area is 208 Å². The summed E-state index contributed by atoms with van der Waals surface area (Å²) >= 11 is 12.3. The minimum absolute atomic E-state index is 0.0327. The first-order valence-corrected chi connectivity index (χ1v) is 12.7. The molecule has 0 aromatic heterocycles. The van der Waals surface area contributed by atoms with E-state index in [4.69, 9.17) is 23.2 Å². The zero-order chi connectivity index (χ0) is 24.5. The van der Waals surface area contributed by atoms with Crippen LogP contribution in [0.25, 0.3) is 11.1 Å². The molecule has 1 aliphatic carbocycles. The largest absolute Gasteiger partial charge is 0.480 e. The highest BCUT2D eigenvalue weighted by Gasteiger charge is 2.50. The molecule has 1 aliphatic rings. The number of benzene rings is 3. The molecule has 34 heavy (non-hydrogen) atoms. The molecule has 0 aliphatic heterocycles. The van der Waals surface area contributed by atoms with Crippen LogP contribution in [0.4, 0.5) is 0 Å². The number of carbonyl (C=O) groups is 1. The van der Waals surface area contributed by atoms with Gasteiger partial charge in [-0.25, -0.2) is 8.42 Å². The van der Waals surface area contributed by atoms with Gasteiger partial charge in [0.05, 0.1) is 16.0 Å². The molecule has 1 fully saturated rings. The number of carboxylic acids is 1. The van der Waals surface area contributed by atoms with Crippen molar-refractivity contribution in [1.82, 2.24) is 4.31 Å². The Balaban J connectivity index is 1.87. The SMILES string of the molecule is N#Cc1ccccc1S(=O)(=O)N(CC(=O)O)C1(c2cccc(-c3cc(Cl)cc(Cl)c3)c2)CCC1. The smallest absolute Gasteiger partial charge is 0.318 e. The molecule has 9 heteroatoms. The van der Waals surface area contributed by atoms with Gasteiger partial charge in [0.2, 0.25) is 10.0 Å². The van der Waals surface area contributed by atoms with Crippen LogP contribution in [0.15, 0.2) is 71.6 Å². The molecule has 0 unspecified atom stereocenters. The first kappa shape index (κ1) is 24.2. The lowest BCUT2D eigenvalue weighted by atomic mass is 9.71. The summed E-state index contributed by atoms with van der Waals surface area (Å²) in [7, 11) is -4.31. The van der Waals surface area contributed by atoms with Crippen LogP contribution < -0.4 is 0 Å². The molecule has 0 amide bonds. The van der Waals surface area contributed by atoms with E-state index in [9.17, 15) is 23.6 Å². The first-order chi connectivity index (χ1) is 16.2. The minimum atomic E-state index is -4.31. The number of sulfonamides is 1. The number of nitriles is 1. The van der Waals surface area contributed by atoms with Crippen molar-refractivity contribution in [3.8, 4) is 17.2 Å². The summed E-state index contributed by atoms with van der Waals surface area (Å²) in [6, 6.07) is 20.2. The van der Waals surface area contributed by atoms with Gasteiger partial charge in [-0.15, -0.1) is 0 Å². The topological polar surface area (TPSA) is 98.5 Å². The van der Waals surface area contributed by atoms with Gasteiger partial charge in [-0.1, -0.05) is 53.5 Å². The summed E-state index contributed by atoms with van der Waals surface area (Å²) in [5.74, 6) is -1.28. The van der Waals surface area contributed by atoms with E-state index in [1.165, 1.54) is 18.2 Å². The Morgan fingerprint density at radius 2 is 1.68 bits per heavy atom. The van der Waals surface area contributed by atoms with Crippen molar-refractivity contribution in [2.24, 2.45) is 0 Å². The van der Waals surface area contributed by atoms with Crippen LogP contribution in [0.5, 0.6) is 0 Å². The standard InChI is InChI=1S/C25H20Cl2N2O4S/c26-21-12-19(13-22(27)14-21)17-6-3-7-20(11-17)25(9-4-10-25)29(16-24(30)31)34(32,33)23-8-2-1-5-18(23)15-28/h1-3,5-8,11-14H,4,9-10,16H2,(H,30,31). The van der Waals surface area contributed by atoms with Crippen LogP contribution in [0.1, 0.15) is 30.4 Å². The Bertz CT molecular complexity index is 1390. The van der Waals surface area contributed by atoms with E-state index < -0.39 is 28.1 Å². The minimum Gasteiger partial charge on any atom is -0.480 e. The molecular formula is C25H20Cl2N2O4S. The molecule has 0 spiro atoms. The lowest BCUT2D eigenvalue weighted by Gasteiger charge is -2.49. The molecule has 174 valence electrons. The molecule has 1 saturated carbocycles. The second kappa shape index (κ2) is 9.40. The Morgan fingerprint density at radius 3 is 2.26 bits per heavy atom. The second-order valence-corrected chi connectivity index (χ2v) is 10.8. The van der Waals surface area contributed by atoms with Crippen LogP contribution >= 0.6 is 23.2 Å². The van der Waals surface area contributed by atoms with E-state index in [0.29, 0.717) is 28.5 Å². The van der Waals surface area contributed by atoms with E-state index in [1.807, 2.05) is 18.2 Å². The normalized spacial score (nSPS) is 14.9. The Hall–Kier alpha value is -2.89. The maximum atomic E-state index is 13.8. The average Bonchev–Trinajstić information content (AvgIpc) is 2.77. The quantitative estimate of drug-likeness (QED) is 0.436. The van der Waals surface area contributed by atoms with Crippen LogP contribution in [0.3, 0.4) is 0 Å². The number of hydrogen-bond acceptors (Lipinski definition) is 4. The van der Waals surface area contributed by atoms with Crippen molar-refractivity contribution in [2.75, 3.05) is 6.54 Å². The van der Waals surface area contributed by atoms with Crippen molar-refractivity contribution in [2.45, 2.75) is 29.7 Å². The lowest BCUT2D eigenvalue weighted by molar-refractivity contribution is -0.139. The fourth-order valence-corrected chi connectivity index (χ4v) is 6.83. The molecule has 0 heterocycles. The molecule has 1 N–H and O–H groups in total. The van der Waals surface area contributed by atoms with E-state index >= 15 is 0 Å². The molecule has 0 saturated heterocycles. The number of hydrogen-bond donors (Lipinski definition) is 1. The second-order valence-electron chi connectivity index (χ2n) is 8.14. The van der Waals surface area contributed by atoms with Crippen LogP contribution in [-0.4, -0.2) is 30.3 Å². The number of carboxylic acid groups (broad SMARTS) is 1. The number of rotatable bonds is 7. The third-order valence-corrected chi connectivity index (χ3v) is 8.52. The monoisotopic (exact) mass is 514 g/mol. The number of aliphatic carboxylic acids is 1. The van der Waals surface area contributed by atoms with E-state index in [-0.39, 0.29) is 10.5 Å². The number of halogens is 2. The van der Waals surface area contributed by atoms with Crippen molar-refractivity contribution in [3.63, 3.8) is 0 Å². The molecule has 0 atom stereocenters. The van der Waals surface area contributed by atoms with Gasteiger partial charge in [-0.05, 0) is 72.4 Å². The summed E-state index contributed by atoms with van der Waals surface area (Å²) in [6.45, 7) is -0.727. The summed E-state index contributed by atoms with van der Waals surface area (Å²) < 4.78 is 28.6. The van der Waals surface area contributed by atoms with Crippen molar-refractivity contribution in [3.05, 3.63) is 87.9 Å². The highest BCUT2D eigenvalue weighted by Crippen LogP contribution is 2.49. The Morgan fingerprint density at radius 1 is 1.00 bits per heavy atom. The van der Waals surface area contributed by atoms with Crippen LogP contribution in [0.2, 0.25) is 10.0 Å². The molecule has 6 nitrogen and oxygen atoms in total. The zero-order valence-electron chi connectivity index (χ0n) is 17.9. The molecule has 3 aromatic rings. The number of nitrogens with zero attached hydrogens (tertiary/aromatic N) is 2.